The number of esters is 1. The van der Waals surface area contributed by atoms with Gasteiger partial charge in [-0.1, -0.05) is 40.2 Å². The van der Waals surface area contributed by atoms with E-state index < -0.39 is 40.6 Å². The lowest BCUT2D eigenvalue weighted by molar-refractivity contribution is -0.155. The van der Waals surface area contributed by atoms with E-state index in [2.05, 4.69) is 15.9 Å². The largest absolute Gasteiger partial charge is 0.496 e. The third kappa shape index (κ3) is 3.12. The van der Waals surface area contributed by atoms with Gasteiger partial charge in [-0.2, -0.15) is 0 Å². The fourth-order valence-electron chi connectivity index (χ4n) is 5.56. The van der Waals surface area contributed by atoms with Crippen LogP contribution in [0.5, 0.6) is 17.2 Å². The maximum Gasteiger partial charge on any atom is 0.317 e. The lowest BCUT2D eigenvalue weighted by atomic mass is 9.70. The van der Waals surface area contributed by atoms with Crippen molar-refractivity contribution in [1.29, 1.82) is 0 Å². The summed E-state index contributed by atoms with van der Waals surface area (Å²) in [5.41, 5.74) is -3.49. The lowest BCUT2D eigenvalue weighted by Crippen LogP contribution is -2.50. The number of halogens is 2. The molecule has 36 heavy (non-hydrogen) atoms. The van der Waals surface area contributed by atoms with E-state index in [9.17, 15) is 19.1 Å². The van der Waals surface area contributed by atoms with Crippen LogP contribution < -0.4 is 14.2 Å². The van der Waals surface area contributed by atoms with Crippen LogP contribution in [0, 0.1) is 11.7 Å². The van der Waals surface area contributed by atoms with Gasteiger partial charge in [0.15, 0.2) is 11.4 Å². The molecule has 0 radical (unpaired) electrons. The third-order valence-electron chi connectivity index (χ3n) is 7.01. The Morgan fingerprint density at radius 1 is 1.06 bits per heavy atom. The van der Waals surface area contributed by atoms with Crippen LogP contribution in [0.15, 0.2) is 65.1 Å². The first-order valence-corrected chi connectivity index (χ1v) is 11.8. The number of aliphatic hydroxyl groups is 1. The molecule has 186 valence electrons. The molecule has 3 aromatic rings. The highest BCUT2D eigenvalue weighted by atomic mass is 79.9. The van der Waals surface area contributed by atoms with E-state index in [1.807, 2.05) is 0 Å². The molecule has 0 bridgehead atoms. The Morgan fingerprint density at radius 3 is 2.39 bits per heavy atom. The van der Waals surface area contributed by atoms with Crippen molar-refractivity contribution in [3.05, 3.63) is 87.6 Å². The summed E-state index contributed by atoms with van der Waals surface area (Å²) in [7, 11) is 4.01. The second kappa shape index (κ2) is 8.60. The zero-order chi connectivity index (χ0) is 25.8. The Balaban J connectivity index is 1.91. The average Bonchev–Trinajstić information content (AvgIpc) is 3.26. The standard InChI is InChI=1S/C27H22BrFO7/c1-33-18-12-19(34-2)23-20(13-18)36-27(15-7-9-16(28)10-8-15)22(14-5-4-6-17(29)11-14)21(25(31)35-3)24(30)26(23,27)32/h4-13,21-22,32H,1-3H3/t21-,22-,26+,27+/m1/s1. The van der Waals surface area contributed by atoms with Gasteiger partial charge in [-0.3, -0.25) is 9.59 Å². The second-order valence-electron chi connectivity index (χ2n) is 8.66. The molecule has 1 heterocycles. The van der Waals surface area contributed by atoms with Crippen molar-refractivity contribution in [2.75, 3.05) is 21.3 Å². The summed E-state index contributed by atoms with van der Waals surface area (Å²) in [6, 6.07) is 15.4. The summed E-state index contributed by atoms with van der Waals surface area (Å²) < 4.78 is 37.7. The van der Waals surface area contributed by atoms with Crippen molar-refractivity contribution in [1.82, 2.24) is 0 Å². The highest BCUT2D eigenvalue weighted by Crippen LogP contribution is 2.68. The number of hydrogen-bond donors (Lipinski definition) is 1. The summed E-state index contributed by atoms with van der Waals surface area (Å²) in [6.45, 7) is 0. The number of fused-ring (bicyclic) bond motifs is 3. The maximum absolute atomic E-state index is 14.5. The maximum atomic E-state index is 14.5. The Bertz CT molecular complexity index is 1380. The topological polar surface area (TPSA) is 91.3 Å². The first-order chi connectivity index (χ1) is 17.2. The molecule has 4 atom stereocenters. The minimum atomic E-state index is -2.39. The van der Waals surface area contributed by atoms with Gasteiger partial charge in [-0.15, -0.1) is 0 Å². The van der Waals surface area contributed by atoms with Gasteiger partial charge in [0.1, 0.15) is 29.0 Å². The van der Waals surface area contributed by atoms with Crippen LogP contribution in [0.1, 0.15) is 22.6 Å². The zero-order valence-electron chi connectivity index (χ0n) is 19.6. The van der Waals surface area contributed by atoms with Crippen molar-refractivity contribution >= 4 is 27.7 Å². The molecule has 9 heteroatoms. The number of hydrogen-bond acceptors (Lipinski definition) is 7. The zero-order valence-corrected chi connectivity index (χ0v) is 21.2. The number of Topliss-reactive ketones (excluding diaryl/α,β-unsaturated/α-hetero) is 1. The molecule has 1 saturated carbocycles. The molecule has 1 aliphatic carbocycles. The van der Waals surface area contributed by atoms with Crippen molar-refractivity contribution in [2.24, 2.45) is 5.92 Å². The number of carbonyl (C=O) groups excluding carboxylic acids is 2. The van der Waals surface area contributed by atoms with Gasteiger partial charge < -0.3 is 24.1 Å². The van der Waals surface area contributed by atoms with Gasteiger partial charge in [-0.05, 0) is 35.4 Å². The predicted octanol–water partition coefficient (Wildman–Crippen LogP) is 4.24. The molecule has 1 N–H and O–H groups in total. The number of carbonyl (C=O) groups is 2. The van der Waals surface area contributed by atoms with E-state index in [-0.39, 0.29) is 22.6 Å². The smallest absolute Gasteiger partial charge is 0.317 e. The number of benzene rings is 3. The van der Waals surface area contributed by atoms with Crippen LogP contribution >= 0.6 is 15.9 Å². The lowest BCUT2D eigenvalue weighted by Gasteiger charge is -2.39. The summed E-state index contributed by atoms with van der Waals surface area (Å²) in [5, 5.41) is 12.5. The van der Waals surface area contributed by atoms with E-state index in [4.69, 9.17) is 18.9 Å². The molecule has 1 aliphatic heterocycles. The second-order valence-corrected chi connectivity index (χ2v) is 9.57. The fraction of sp³-hybridized carbons (Fsp3) is 0.259. The first-order valence-electron chi connectivity index (χ1n) is 11.0. The number of methoxy groups -OCH3 is 3. The molecule has 0 amide bonds. The Morgan fingerprint density at radius 2 is 1.78 bits per heavy atom. The molecule has 0 spiro atoms. The third-order valence-corrected chi connectivity index (χ3v) is 7.54. The van der Waals surface area contributed by atoms with Crippen LogP contribution in [-0.2, 0) is 25.5 Å². The SMILES string of the molecule is COC(=O)[C@H]1C(=O)[C@@]2(O)c3c(OC)cc(OC)cc3O[C@@]2(c2ccc(Br)cc2)[C@@H]1c1cccc(F)c1. The monoisotopic (exact) mass is 556 g/mol. The van der Waals surface area contributed by atoms with Crippen molar-refractivity contribution in [3.63, 3.8) is 0 Å². The summed E-state index contributed by atoms with van der Waals surface area (Å²) >= 11 is 3.40. The molecule has 7 nitrogen and oxygen atoms in total. The minimum Gasteiger partial charge on any atom is -0.496 e. The van der Waals surface area contributed by atoms with E-state index in [0.717, 1.165) is 11.6 Å². The highest BCUT2D eigenvalue weighted by molar-refractivity contribution is 9.10. The Labute approximate surface area is 214 Å². The summed E-state index contributed by atoms with van der Waals surface area (Å²) in [4.78, 5) is 27.3. The van der Waals surface area contributed by atoms with Crippen LogP contribution in [0.4, 0.5) is 4.39 Å². The van der Waals surface area contributed by atoms with Crippen LogP contribution in [0.3, 0.4) is 0 Å². The fourth-order valence-corrected chi connectivity index (χ4v) is 5.83. The van der Waals surface area contributed by atoms with Crippen molar-refractivity contribution in [2.45, 2.75) is 17.1 Å². The van der Waals surface area contributed by atoms with Crippen LogP contribution in [0.2, 0.25) is 0 Å². The van der Waals surface area contributed by atoms with E-state index >= 15 is 0 Å². The first kappa shape index (κ1) is 24.3. The van der Waals surface area contributed by atoms with Crippen LogP contribution in [0.25, 0.3) is 0 Å². The molecule has 3 aromatic carbocycles. The van der Waals surface area contributed by atoms with E-state index in [1.54, 1.807) is 30.3 Å². The average molecular weight is 557 g/mol. The van der Waals surface area contributed by atoms with Gasteiger partial charge in [0, 0.05) is 16.6 Å². The van der Waals surface area contributed by atoms with E-state index in [0.29, 0.717) is 11.3 Å². The summed E-state index contributed by atoms with van der Waals surface area (Å²) in [6.07, 6.45) is 0. The molecule has 1 fully saturated rings. The van der Waals surface area contributed by atoms with Gasteiger partial charge in [0.2, 0.25) is 5.60 Å². The minimum absolute atomic E-state index is 0.0616. The number of ketones is 1. The highest BCUT2D eigenvalue weighted by Gasteiger charge is 2.78. The summed E-state index contributed by atoms with van der Waals surface area (Å²) in [5.74, 6) is -4.26. The number of ether oxygens (including phenoxy) is 4. The molecular weight excluding hydrogens is 535 g/mol. The Hall–Kier alpha value is -3.43. The van der Waals surface area contributed by atoms with Gasteiger partial charge in [0.05, 0.1) is 32.8 Å². The van der Waals surface area contributed by atoms with Crippen molar-refractivity contribution in [3.8, 4) is 17.2 Å². The van der Waals surface area contributed by atoms with Gasteiger partial charge in [-0.25, -0.2) is 4.39 Å². The molecule has 0 aromatic heterocycles. The normalized spacial score (nSPS) is 26.1. The molecule has 5 rings (SSSR count). The quantitative estimate of drug-likeness (QED) is 0.371. The van der Waals surface area contributed by atoms with Gasteiger partial charge >= 0.3 is 5.97 Å². The molecular formula is C27H22BrFO7. The van der Waals surface area contributed by atoms with Crippen LogP contribution in [-0.4, -0.2) is 38.2 Å². The molecule has 2 aliphatic rings. The Kier molecular flexibility index (Phi) is 5.80. The van der Waals surface area contributed by atoms with Crippen molar-refractivity contribution < 1.29 is 38.0 Å². The molecule has 0 saturated heterocycles. The van der Waals surface area contributed by atoms with E-state index in [1.165, 1.54) is 44.6 Å². The molecule has 0 unspecified atom stereocenters. The van der Waals surface area contributed by atoms with Gasteiger partial charge in [0.25, 0.3) is 0 Å². The number of rotatable bonds is 5. The predicted molar refractivity (Wildman–Crippen MR) is 130 cm³/mol.